The first-order chi connectivity index (χ1) is 13.6. The van der Waals surface area contributed by atoms with E-state index in [1.165, 1.54) is 5.56 Å². The maximum atomic E-state index is 5.50. The smallest absolute Gasteiger partial charge is 0.233 e. The van der Waals surface area contributed by atoms with Crippen LogP contribution in [0.1, 0.15) is 24.1 Å². The minimum absolute atomic E-state index is 0.206. The lowest BCUT2D eigenvalue weighted by Crippen LogP contribution is -2.18. The van der Waals surface area contributed by atoms with Crippen LogP contribution in [0, 0.1) is 0 Å². The van der Waals surface area contributed by atoms with E-state index < -0.39 is 0 Å². The summed E-state index contributed by atoms with van der Waals surface area (Å²) >= 11 is 0. The Hall–Kier alpha value is -3.12. The van der Waals surface area contributed by atoms with E-state index in [2.05, 4.69) is 40.6 Å². The molecule has 1 aromatic heterocycles. The van der Waals surface area contributed by atoms with Gasteiger partial charge in [0.2, 0.25) is 5.88 Å². The molecule has 2 aromatic carbocycles. The van der Waals surface area contributed by atoms with E-state index in [-0.39, 0.29) is 6.04 Å². The van der Waals surface area contributed by atoms with Gasteiger partial charge in [-0.1, -0.05) is 18.2 Å². The molecule has 146 valence electrons. The average molecular weight is 379 g/mol. The van der Waals surface area contributed by atoms with E-state index in [0.717, 1.165) is 28.3 Å². The molecule has 1 unspecified atom stereocenters. The Morgan fingerprint density at radius 2 is 1.64 bits per heavy atom. The van der Waals surface area contributed by atoms with Crippen molar-refractivity contribution in [2.45, 2.75) is 19.5 Å². The molecule has 1 heterocycles. The lowest BCUT2D eigenvalue weighted by atomic mass is 10.0. The first kappa shape index (κ1) is 19.6. The Morgan fingerprint density at radius 3 is 2.25 bits per heavy atom. The van der Waals surface area contributed by atoms with Crippen molar-refractivity contribution in [3.8, 4) is 28.6 Å². The van der Waals surface area contributed by atoms with Crippen LogP contribution in [-0.4, -0.2) is 31.5 Å². The minimum Gasteiger partial charge on any atom is -0.497 e. The highest BCUT2D eigenvalue weighted by atomic mass is 16.5. The van der Waals surface area contributed by atoms with Gasteiger partial charge in [-0.25, -0.2) is 0 Å². The number of benzene rings is 2. The number of rotatable bonds is 8. The Bertz CT molecular complexity index is 896. The molecule has 6 heteroatoms. The number of aromatic nitrogens is 2. The van der Waals surface area contributed by atoms with Crippen LogP contribution in [0.5, 0.6) is 17.4 Å². The van der Waals surface area contributed by atoms with E-state index in [1.54, 1.807) is 27.4 Å². The van der Waals surface area contributed by atoms with Gasteiger partial charge < -0.3 is 19.5 Å². The molecular weight excluding hydrogens is 354 g/mol. The van der Waals surface area contributed by atoms with Gasteiger partial charge >= 0.3 is 0 Å². The molecule has 3 rings (SSSR count). The van der Waals surface area contributed by atoms with Gasteiger partial charge in [0, 0.05) is 24.2 Å². The van der Waals surface area contributed by atoms with Crippen LogP contribution in [0.4, 0.5) is 0 Å². The molecule has 1 N–H and O–H groups in total. The summed E-state index contributed by atoms with van der Waals surface area (Å²) in [5, 5.41) is 11.8. The SMILES string of the molecule is COc1ccc(C(C)NCc2ccc(OC)c(-c3ccc(OC)nn3)c2)cc1. The van der Waals surface area contributed by atoms with Crippen LogP contribution in [0.25, 0.3) is 11.3 Å². The Morgan fingerprint density at radius 1 is 0.857 bits per heavy atom. The molecule has 0 saturated carbocycles. The fraction of sp³-hybridized carbons (Fsp3) is 0.273. The number of hydrogen-bond donors (Lipinski definition) is 1. The molecule has 0 aliphatic rings. The van der Waals surface area contributed by atoms with Crippen molar-refractivity contribution >= 4 is 0 Å². The normalized spacial score (nSPS) is 11.7. The summed E-state index contributed by atoms with van der Waals surface area (Å²) in [5.41, 5.74) is 3.97. The van der Waals surface area contributed by atoms with Gasteiger partial charge in [0.25, 0.3) is 0 Å². The molecule has 1 atom stereocenters. The van der Waals surface area contributed by atoms with E-state index >= 15 is 0 Å². The third-order valence-corrected chi connectivity index (χ3v) is 4.62. The zero-order valence-electron chi connectivity index (χ0n) is 16.6. The van der Waals surface area contributed by atoms with E-state index in [0.29, 0.717) is 12.4 Å². The minimum atomic E-state index is 0.206. The maximum Gasteiger partial charge on any atom is 0.233 e. The molecule has 0 fully saturated rings. The molecule has 0 aliphatic heterocycles. The predicted octanol–water partition coefficient (Wildman–Crippen LogP) is 4.02. The third kappa shape index (κ3) is 4.58. The summed E-state index contributed by atoms with van der Waals surface area (Å²) in [7, 11) is 4.89. The number of ether oxygens (including phenoxy) is 3. The Balaban J connectivity index is 1.74. The van der Waals surface area contributed by atoms with Gasteiger partial charge in [0.15, 0.2) is 0 Å². The second-order valence-corrected chi connectivity index (χ2v) is 6.37. The molecule has 3 aromatic rings. The average Bonchev–Trinajstić information content (AvgIpc) is 2.77. The van der Waals surface area contributed by atoms with Crippen LogP contribution < -0.4 is 19.5 Å². The van der Waals surface area contributed by atoms with Crippen molar-refractivity contribution in [3.05, 3.63) is 65.7 Å². The summed E-state index contributed by atoms with van der Waals surface area (Å²) in [4.78, 5) is 0. The number of methoxy groups -OCH3 is 3. The maximum absolute atomic E-state index is 5.50. The van der Waals surface area contributed by atoms with Gasteiger partial charge in [-0.3, -0.25) is 0 Å². The molecule has 0 radical (unpaired) electrons. The predicted molar refractivity (Wildman–Crippen MR) is 109 cm³/mol. The van der Waals surface area contributed by atoms with Crippen LogP contribution >= 0.6 is 0 Å². The monoisotopic (exact) mass is 379 g/mol. The van der Waals surface area contributed by atoms with E-state index in [9.17, 15) is 0 Å². The first-order valence-electron chi connectivity index (χ1n) is 9.07. The molecule has 0 amide bonds. The van der Waals surface area contributed by atoms with Gasteiger partial charge in [0.05, 0.1) is 27.0 Å². The molecule has 0 bridgehead atoms. The quantitative estimate of drug-likeness (QED) is 0.638. The second kappa shape index (κ2) is 9.19. The lowest BCUT2D eigenvalue weighted by molar-refractivity contribution is 0.392. The standard InChI is InChI=1S/C22H25N3O3/c1-15(17-6-8-18(26-2)9-7-17)23-14-16-5-11-21(27-3)19(13-16)20-10-12-22(28-4)25-24-20/h5-13,15,23H,14H2,1-4H3. The van der Waals surface area contributed by atoms with Gasteiger partial charge in [-0.15, -0.1) is 10.2 Å². The number of nitrogens with one attached hydrogen (secondary N) is 1. The topological polar surface area (TPSA) is 65.5 Å². The third-order valence-electron chi connectivity index (χ3n) is 4.62. The number of hydrogen-bond acceptors (Lipinski definition) is 6. The van der Waals surface area contributed by atoms with Crippen molar-refractivity contribution in [1.29, 1.82) is 0 Å². The van der Waals surface area contributed by atoms with Crippen LogP contribution in [-0.2, 0) is 6.54 Å². The zero-order valence-corrected chi connectivity index (χ0v) is 16.6. The van der Waals surface area contributed by atoms with Crippen molar-refractivity contribution < 1.29 is 14.2 Å². The van der Waals surface area contributed by atoms with Crippen LogP contribution in [0.3, 0.4) is 0 Å². The molecule has 0 aliphatic carbocycles. The van der Waals surface area contributed by atoms with Gasteiger partial charge in [0.1, 0.15) is 11.5 Å². The molecule has 6 nitrogen and oxygen atoms in total. The van der Waals surface area contributed by atoms with Crippen LogP contribution in [0.2, 0.25) is 0 Å². The van der Waals surface area contributed by atoms with Crippen LogP contribution in [0.15, 0.2) is 54.6 Å². The van der Waals surface area contributed by atoms with Gasteiger partial charge in [-0.2, -0.15) is 0 Å². The summed E-state index contributed by atoms with van der Waals surface area (Å²) in [6.07, 6.45) is 0. The summed E-state index contributed by atoms with van der Waals surface area (Å²) in [5.74, 6) is 2.09. The van der Waals surface area contributed by atoms with Gasteiger partial charge in [-0.05, 0) is 48.4 Å². The highest BCUT2D eigenvalue weighted by Gasteiger charge is 2.11. The largest absolute Gasteiger partial charge is 0.497 e. The highest BCUT2D eigenvalue weighted by molar-refractivity contribution is 5.67. The van der Waals surface area contributed by atoms with Crippen molar-refractivity contribution in [2.75, 3.05) is 21.3 Å². The molecule has 28 heavy (non-hydrogen) atoms. The Labute approximate surface area is 165 Å². The Kier molecular flexibility index (Phi) is 6.45. The fourth-order valence-electron chi connectivity index (χ4n) is 2.92. The first-order valence-corrected chi connectivity index (χ1v) is 9.07. The fourth-order valence-corrected chi connectivity index (χ4v) is 2.92. The van der Waals surface area contributed by atoms with Crippen molar-refractivity contribution in [2.24, 2.45) is 0 Å². The summed E-state index contributed by atoms with van der Waals surface area (Å²) in [6, 6.07) is 18.0. The summed E-state index contributed by atoms with van der Waals surface area (Å²) < 4.78 is 15.8. The highest BCUT2D eigenvalue weighted by Crippen LogP contribution is 2.30. The lowest BCUT2D eigenvalue weighted by Gasteiger charge is -2.16. The molecule has 0 spiro atoms. The zero-order chi connectivity index (χ0) is 19.9. The number of nitrogens with zero attached hydrogens (tertiary/aromatic N) is 2. The summed E-state index contributed by atoms with van der Waals surface area (Å²) in [6.45, 7) is 2.86. The molecule has 0 saturated heterocycles. The van der Waals surface area contributed by atoms with E-state index in [1.807, 2.05) is 30.3 Å². The van der Waals surface area contributed by atoms with E-state index in [4.69, 9.17) is 14.2 Å². The van der Waals surface area contributed by atoms with Crippen molar-refractivity contribution in [3.63, 3.8) is 0 Å². The second-order valence-electron chi connectivity index (χ2n) is 6.37. The van der Waals surface area contributed by atoms with Crippen molar-refractivity contribution in [1.82, 2.24) is 15.5 Å². The molecular formula is C22H25N3O3.